The summed E-state index contributed by atoms with van der Waals surface area (Å²) in [6.07, 6.45) is 1.51. The number of hydrogen-bond acceptors (Lipinski definition) is 4. The third-order valence-corrected chi connectivity index (χ3v) is 6.74. The van der Waals surface area contributed by atoms with Crippen molar-refractivity contribution in [1.82, 2.24) is 4.90 Å². The van der Waals surface area contributed by atoms with Crippen LogP contribution in [0.1, 0.15) is 27.2 Å². The summed E-state index contributed by atoms with van der Waals surface area (Å²) in [5, 5.41) is 0.275. The summed E-state index contributed by atoms with van der Waals surface area (Å²) in [7, 11) is 0. The number of para-hydroxylation sites is 2. The zero-order valence-electron chi connectivity index (χ0n) is 18.5. The van der Waals surface area contributed by atoms with Gasteiger partial charge >= 0.3 is 0 Å². The molecule has 6 rings (SSSR count). The van der Waals surface area contributed by atoms with Crippen molar-refractivity contribution in [2.75, 3.05) is 11.4 Å². The van der Waals surface area contributed by atoms with Crippen molar-refractivity contribution in [3.63, 3.8) is 0 Å². The monoisotopic (exact) mass is 466 g/mol. The molecule has 1 atom stereocenters. The van der Waals surface area contributed by atoms with Gasteiger partial charge in [0.15, 0.2) is 11.0 Å². The molecule has 3 aromatic carbocycles. The summed E-state index contributed by atoms with van der Waals surface area (Å²) in [6.45, 7) is 3.70. The molecule has 2 aliphatic heterocycles. The van der Waals surface area contributed by atoms with Gasteiger partial charge in [0.05, 0.1) is 23.2 Å². The molecule has 0 aliphatic carbocycles. The van der Waals surface area contributed by atoms with E-state index in [2.05, 4.69) is 6.58 Å². The predicted octanol–water partition coefficient (Wildman–Crippen LogP) is 4.36. The van der Waals surface area contributed by atoms with Crippen molar-refractivity contribution in [2.45, 2.75) is 12.1 Å². The highest BCUT2D eigenvalue weighted by Crippen LogP contribution is 2.52. The lowest BCUT2D eigenvalue weighted by atomic mass is 9.84. The molecule has 1 spiro atoms. The number of hydrogen-bond donors (Lipinski definition) is 0. The van der Waals surface area contributed by atoms with Gasteiger partial charge in [-0.25, -0.2) is 4.39 Å². The molecule has 0 saturated heterocycles. The van der Waals surface area contributed by atoms with Gasteiger partial charge in [0, 0.05) is 17.7 Å². The number of fused-ring (bicyclic) bond motifs is 5. The quantitative estimate of drug-likeness (QED) is 0.419. The molecule has 3 heterocycles. The Morgan fingerprint density at radius 2 is 1.66 bits per heavy atom. The second kappa shape index (κ2) is 7.50. The molecule has 6 nitrogen and oxygen atoms in total. The van der Waals surface area contributed by atoms with Gasteiger partial charge in [-0.1, -0.05) is 54.6 Å². The fourth-order valence-corrected chi connectivity index (χ4v) is 5.27. The number of carbonyl (C=O) groups is 2. The van der Waals surface area contributed by atoms with Crippen LogP contribution in [0.25, 0.3) is 11.0 Å². The van der Waals surface area contributed by atoms with Gasteiger partial charge < -0.3 is 14.2 Å². The van der Waals surface area contributed by atoms with Gasteiger partial charge in [0.2, 0.25) is 5.76 Å². The highest BCUT2D eigenvalue weighted by molar-refractivity contribution is 6.17. The van der Waals surface area contributed by atoms with E-state index in [1.807, 2.05) is 0 Å². The van der Waals surface area contributed by atoms with E-state index < -0.39 is 28.6 Å². The first-order valence-electron chi connectivity index (χ1n) is 11.1. The van der Waals surface area contributed by atoms with Gasteiger partial charge in [-0.05, 0) is 24.3 Å². The molecule has 0 N–H and O–H groups in total. The molecule has 0 saturated carbocycles. The van der Waals surface area contributed by atoms with Crippen LogP contribution in [0.5, 0.6) is 0 Å². The Balaban J connectivity index is 1.67. The average Bonchev–Trinajstić information content (AvgIpc) is 3.26. The average molecular weight is 466 g/mol. The summed E-state index contributed by atoms with van der Waals surface area (Å²) in [5.74, 6) is -1.70. The minimum Gasteiger partial charge on any atom is -0.450 e. The molecule has 1 unspecified atom stereocenters. The third-order valence-electron chi connectivity index (χ3n) is 6.74. The van der Waals surface area contributed by atoms with E-state index in [9.17, 15) is 18.8 Å². The van der Waals surface area contributed by atoms with Crippen molar-refractivity contribution in [3.8, 4) is 0 Å². The molecule has 0 bridgehead atoms. The van der Waals surface area contributed by atoms with Crippen molar-refractivity contribution in [1.29, 1.82) is 0 Å². The van der Waals surface area contributed by atoms with Crippen molar-refractivity contribution >= 4 is 28.5 Å². The van der Waals surface area contributed by atoms with E-state index in [1.165, 1.54) is 21.9 Å². The minimum absolute atomic E-state index is 0.00638. The molecule has 172 valence electrons. The SMILES string of the molecule is C=CCN1C(=O)c2oc3ccccc3c(=O)c2C12C(=O)N(Cc1ccccc1F)c1ccccc12. The number of rotatable bonds is 4. The van der Waals surface area contributed by atoms with Crippen LogP contribution in [-0.2, 0) is 16.9 Å². The highest BCUT2D eigenvalue weighted by Gasteiger charge is 2.64. The van der Waals surface area contributed by atoms with Crippen LogP contribution < -0.4 is 10.3 Å². The zero-order chi connectivity index (χ0) is 24.3. The maximum atomic E-state index is 14.6. The van der Waals surface area contributed by atoms with Gasteiger partial charge in [-0.15, -0.1) is 6.58 Å². The fraction of sp³-hybridized carbons (Fsp3) is 0.107. The normalized spacial score (nSPS) is 18.4. The Morgan fingerprint density at radius 3 is 2.46 bits per heavy atom. The molecule has 2 amide bonds. The molecular formula is C28H19FN2O4. The first kappa shape index (κ1) is 21.0. The maximum Gasteiger partial charge on any atom is 0.291 e. The summed E-state index contributed by atoms with van der Waals surface area (Å²) in [4.78, 5) is 44.6. The maximum absolute atomic E-state index is 14.6. The molecule has 0 fully saturated rings. The van der Waals surface area contributed by atoms with E-state index in [4.69, 9.17) is 4.42 Å². The summed E-state index contributed by atoms with van der Waals surface area (Å²) in [6, 6.07) is 19.8. The van der Waals surface area contributed by atoms with E-state index >= 15 is 0 Å². The summed E-state index contributed by atoms with van der Waals surface area (Å²) >= 11 is 0. The Bertz CT molecular complexity index is 1630. The minimum atomic E-state index is -1.74. The number of anilines is 1. The van der Waals surface area contributed by atoms with Gasteiger partial charge in [-0.3, -0.25) is 14.4 Å². The molecule has 0 radical (unpaired) electrons. The second-order valence-corrected chi connectivity index (χ2v) is 8.55. The Hall–Kier alpha value is -4.52. The number of halogens is 1. The second-order valence-electron chi connectivity index (χ2n) is 8.55. The molecule has 4 aromatic rings. The van der Waals surface area contributed by atoms with E-state index in [-0.39, 0.29) is 35.4 Å². The zero-order valence-corrected chi connectivity index (χ0v) is 18.5. The highest BCUT2D eigenvalue weighted by atomic mass is 19.1. The Kier molecular flexibility index (Phi) is 4.51. The van der Waals surface area contributed by atoms with Crippen LogP contribution in [0.15, 0.2) is 94.7 Å². The lowest BCUT2D eigenvalue weighted by Crippen LogP contribution is -2.53. The van der Waals surface area contributed by atoms with Crippen LogP contribution in [0.2, 0.25) is 0 Å². The van der Waals surface area contributed by atoms with Crippen molar-refractivity contribution in [2.24, 2.45) is 0 Å². The molecule has 1 aromatic heterocycles. The number of benzene rings is 3. The number of nitrogens with zero attached hydrogens (tertiary/aromatic N) is 2. The molecule has 2 aliphatic rings. The smallest absolute Gasteiger partial charge is 0.291 e. The van der Waals surface area contributed by atoms with Crippen molar-refractivity contribution in [3.05, 3.63) is 124 Å². The van der Waals surface area contributed by atoms with E-state index in [1.54, 1.807) is 66.7 Å². The van der Waals surface area contributed by atoms with Gasteiger partial charge in [-0.2, -0.15) is 0 Å². The molecular weight excluding hydrogens is 447 g/mol. The number of carbonyl (C=O) groups excluding carboxylic acids is 2. The van der Waals surface area contributed by atoms with Crippen LogP contribution in [0, 0.1) is 5.82 Å². The van der Waals surface area contributed by atoms with E-state index in [0.29, 0.717) is 16.8 Å². The lowest BCUT2D eigenvalue weighted by molar-refractivity contribution is -0.126. The predicted molar refractivity (Wildman–Crippen MR) is 129 cm³/mol. The third kappa shape index (κ3) is 2.66. The summed E-state index contributed by atoms with van der Waals surface area (Å²) < 4.78 is 20.5. The Morgan fingerprint density at radius 1 is 0.943 bits per heavy atom. The Labute approximate surface area is 199 Å². The van der Waals surface area contributed by atoms with Crippen LogP contribution in [0.3, 0.4) is 0 Å². The van der Waals surface area contributed by atoms with Crippen molar-refractivity contribution < 1.29 is 18.4 Å². The van der Waals surface area contributed by atoms with E-state index in [0.717, 1.165) is 0 Å². The first-order valence-corrected chi connectivity index (χ1v) is 11.1. The number of amides is 2. The van der Waals surface area contributed by atoms with Gasteiger partial charge in [0.1, 0.15) is 11.4 Å². The lowest BCUT2D eigenvalue weighted by Gasteiger charge is -2.33. The first-order chi connectivity index (χ1) is 17.0. The standard InChI is InChI=1S/C28H19FN2O4/c1-2-15-31-26(33)25-23(24(32)18-10-4-8-14-22(18)35-25)28(31)19-11-5-7-13-21(19)30(27(28)34)16-17-9-3-6-12-20(17)29/h2-14H,1,15-16H2. The molecule has 35 heavy (non-hydrogen) atoms. The summed E-state index contributed by atoms with van der Waals surface area (Å²) in [5.41, 5.74) is -0.650. The van der Waals surface area contributed by atoms with Crippen LogP contribution in [-0.4, -0.2) is 23.3 Å². The molecule has 7 heteroatoms. The van der Waals surface area contributed by atoms with Crippen LogP contribution in [0.4, 0.5) is 10.1 Å². The van der Waals surface area contributed by atoms with Crippen LogP contribution >= 0.6 is 0 Å². The largest absolute Gasteiger partial charge is 0.450 e. The topological polar surface area (TPSA) is 70.8 Å². The fourth-order valence-electron chi connectivity index (χ4n) is 5.27. The van der Waals surface area contributed by atoms with Gasteiger partial charge in [0.25, 0.3) is 11.8 Å².